The summed E-state index contributed by atoms with van der Waals surface area (Å²) in [5.74, 6) is 1.91. The van der Waals surface area contributed by atoms with Crippen molar-refractivity contribution in [2.45, 2.75) is 50.6 Å². The molecule has 2 aromatic carbocycles. The molecule has 140 valence electrons. The van der Waals surface area contributed by atoms with Crippen LogP contribution in [0.3, 0.4) is 0 Å². The third-order valence-electron chi connectivity index (χ3n) is 5.22. The molecule has 26 heavy (non-hydrogen) atoms. The summed E-state index contributed by atoms with van der Waals surface area (Å²) in [6, 6.07) is 14.8. The molecule has 1 aliphatic heterocycles. The maximum Gasteiger partial charge on any atom is 0.160 e. The lowest BCUT2D eigenvalue weighted by Gasteiger charge is -2.31. The molecule has 3 rings (SSSR count). The second kappa shape index (κ2) is 8.95. The standard InChI is InChI=1S/C22H29NO3/c1-25-21-13-9-17(15-22(21)26-2)14-19-5-3-4-18(23-19)10-6-16-7-11-20(24)12-8-16/h7-9,11-13,15,18-19,23-24H,3-6,10,14H2,1-2H3. The van der Waals surface area contributed by atoms with Gasteiger partial charge in [0.05, 0.1) is 14.2 Å². The van der Waals surface area contributed by atoms with E-state index in [1.54, 1.807) is 26.4 Å². The van der Waals surface area contributed by atoms with Crippen LogP contribution in [0.25, 0.3) is 0 Å². The van der Waals surface area contributed by atoms with Crippen molar-refractivity contribution in [2.75, 3.05) is 14.2 Å². The fourth-order valence-electron chi connectivity index (χ4n) is 3.79. The van der Waals surface area contributed by atoms with E-state index in [-0.39, 0.29) is 0 Å². The highest BCUT2D eigenvalue weighted by atomic mass is 16.5. The summed E-state index contributed by atoms with van der Waals surface area (Å²) in [4.78, 5) is 0. The molecular weight excluding hydrogens is 326 g/mol. The van der Waals surface area contributed by atoms with Gasteiger partial charge in [-0.25, -0.2) is 0 Å². The quantitative estimate of drug-likeness (QED) is 0.785. The van der Waals surface area contributed by atoms with Crippen molar-refractivity contribution in [1.29, 1.82) is 0 Å². The molecule has 2 atom stereocenters. The first kappa shape index (κ1) is 18.6. The van der Waals surface area contributed by atoms with Gasteiger partial charge in [0.1, 0.15) is 5.75 Å². The number of phenolic OH excluding ortho intramolecular Hbond substituents is 1. The van der Waals surface area contributed by atoms with E-state index in [1.807, 2.05) is 18.2 Å². The molecule has 0 aliphatic carbocycles. The highest BCUT2D eigenvalue weighted by Crippen LogP contribution is 2.29. The van der Waals surface area contributed by atoms with Crippen molar-refractivity contribution in [3.05, 3.63) is 53.6 Å². The van der Waals surface area contributed by atoms with Crippen molar-refractivity contribution in [1.82, 2.24) is 5.32 Å². The number of methoxy groups -OCH3 is 2. The summed E-state index contributed by atoms with van der Waals surface area (Å²) < 4.78 is 10.7. The Hall–Kier alpha value is -2.20. The lowest BCUT2D eigenvalue weighted by atomic mass is 9.91. The topological polar surface area (TPSA) is 50.7 Å². The average molecular weight is 355 g/mol. The monoisotopic (exact) mass is 355 g/mol. The minimum Gasteiger partial charge on any atom is -0.508 e. The number of hydrogen-bond acceptors (Lipinski definition) is 4. The van der Waals surface area contributed by atoms with Crippen LogP contribution in [0.15, 0.2) is 42.5 Å². The number of ether oxygens (including phenoxy) is 2. The van der Waals surface area contributed by atoms with Crippen molar-refractivity contribution < 1.29 is 14.6 Å². The van der Waals surface area contributed by atoms with Gasteiger partial charge in [0.25, 0.3) is 0 Å². The van der Waals surface area contributed by atoms with E-state index >= 15 is 0 Å². The van der Waals surface area contributed by atoms with Crippen LogP contribution in [-0.2, 0) is 12.8 Å². The number of phenols is 1. The molecule has 0 aromatic heterocycles. The average Bonchev–Trinajstić information content (AvgIpc) is 2.68. The SMILES string of the molecule is COc1ccc(CC2CCCC(CCc3ccc(O)cc3)N2)cc1OC. The molecule has 1 aliphatic rings. The summed E-state index contributed by atoms with van der Waals surface area (Å²) in [6.07, 6.45) is 6.90. The first-order valence-corrected chi connectivity index (χ1v) is 9.43. The van der Waals surface area contributed by atoms with Crippen LogP contribution in [0.5, 0.6) is 17.2 Å². The maximum absolute atomic E-state index is 9.39. The molecule has 0 amide bonds. The Kier molecular flexibility index (Phi) is 6.40. The third kappa shape index (κ3) is 4.92. The second-order valence-electron chi connectivity index (χ2n) is 7.09. The van der Waals surface area contributed by atoms with Gasteiger partial charge in [0.2, 0.25) is 0 Å². The Morgan fingerprint density at radius 2 is 1.62 bits per heavy atom. The Morgan fingerprint density at radius 1 is 0.923 bits per heavy atom. The van der Waals surface area contributed by atoms with E-state index < -0.39 is 0 Å². The van der Waals surface area contributed by atoms with E-state index in [4.69, 9.17) is 9.47 Å². The molecule has 2 N–H and O–H groups in total. The predicted molar refractivity (Wildman–Crippen MR) is 104 cm³/mol. The van der Waals surface area contributed by atoms with Gasteiger partial charge >= 0.3 is 0 Å². The summed E-state index contributed by atoms with van der Waals surface area (Å²) in [6.45, 7) is 0. The molecule has 4 nitrogen and oxygen atoms in total. The molecule has 1 saturated heterocycles. The van der Waals surface area contributed by atoms with Crippen LogP contribution in [-0.4, -0.2) is 31.4 Å². The number of nitrogens with one attached hydrogen (secondary N) is 1. The van der Waals surface area contributed by atoms with Crippen molar-refractivity contribution >= 4 is 0 Å². The van der Waals surface area contributed by atoms with Gasteiger partial charge in [-0.15, -0.1) is 0 Å². The van der Waals surface area contributed by atoms with Gasteiger partial charge in [-0.3, -0.25) is 0 Å². The van der Waals surface area contributed by atoms with Crippen LogP contribution in [0, 0.1) is 0 Å². The lowest BCUT2D eigenvalue weighted by molar-refractivity contribution is 0.306. The summed E-state index contributed by atoms with van der Waals surface area (Å²) >= 11 is 0. The van der Waals surface area contributed by atoms with Gasteiger partial charge in [0, 0.05) is 12.1 Å². The Morgan fingerprint density at radius 3 is 2.35 bits per heavy atom. The predicted octanol–water partition coefficient (Wildman–Crippen LogP) is 4.10. The third-order valence-corrected chi connectivity index (χ3v) is 5.22. The summed E-state index contributed by atoms with van der Waals surface area (Å²) in [5.41, 5.74) is 2.56. The van der Waals surface area contributed by atoms with Gasteiger partial charge in [-0.2, -0.15) is 0 Å². The van der Waals surface area contributed by atoms with Crippen LogP contribution in [0.2, 0.25) is 0 Å². The lowest BCUT2D eigenvalue weighted by Crippen LogP contribution is -2.43. The molecular formula is C22H29NO3. The van der Waals surface area contributed by atoms with E-state index in [0.717, 1.165) is 30.8 Å². The molecule has 1 fully saturated rings. The smallest absolute Gasteiger partial charge is 0.160 e. The van der Waals surface area contributed by atoms with Crippen molar-refractivity contribution in [3.8, 4) is 17.2 Å². The first-order chi connectivity index (χ1) is 12.7. The molecule has 2 aromatic rings. The zero-order chi connectivity index (χ0) is 18.4. The zero-order valence-electron chi connectivity index (χ0n) is 15.7. The Balaban J connectivity index is 1.54. The zero-order valence-corrected chi connectivity index (χ0v) is 15.7. The molecule has 0 bridgehead atoms. The van der Waals surface area contributed by atoms with Gasteiger partial charge in [-0.05, 0) is 67.5 Å². The number of aryl methyl sites for hydroxylation is 1. The Labute approximate surface area is 156 Å². The minimum absolute atomic E-state index is 0.333. The highest BCUT2D eigenvalue weighted by molar-refractivity contribution is 5.43. The first-order valence-electron chi connectivity index (χ1n) is 9.43. The molecule has 2 unspecified atom stereocenters. The molecule has 0 spiro atoms. The van der Waals surface area contributed by atoms with Crippen LogP contribution in [0.1, 0.15) is 36.8 Å². The van der Waals surface area contributed by atoms with Crippen LogP contribution >= 0.6 is 0 Å². The molecule has 4 heteroatoms. The molecule has 0 radical (unpaired) electrons. The fourth-order valence-corrected chi connectivity index (χ4v) is 3.79. The fraction of sp³-hybridized carbons (Fsp3) is 0.455. The number of aromatic hydroxyl groups is 1. The molecule has 0 saturated carbocycles. The van der Waals surface area contributed by atoms with E-state index in [1.165, 1.54) is 30.4 Å². The number of hydrogen-bond donors (Lipinski definition) is 2. The number of piperidine rings is 1. The molecule has 1 heterocycles. The largest absolute Gasteiger partial charge is 0.508 e. The Bertz CT molecular complexity index is 699. The van der Waals surface area contributed by atoms with Gasteiger partial charge in [-0.1, -0.05) is 24.6 Å². The maximum atomic E-state index is 9.39. The van der Waals surface area contributed by atoms with E-state index in [9.17, 15) is 5.11 Å². The van der Waals surface area contributed by atoms with Crippen molar-refractivity contribution in [3.63, 3.8) is 0 Å². The number of benzene rings is 2. The minimum atomic E-state index is 0.333. The van der Waals surface area contributed by atoms with E-state index in [2.05, 4.69) is 17.4 Å². The van der Waals surface area contributed by atoms with E-state index in [0.29, 0.717) is 17.8 Å². The van der Waals surface area contributed by atoms with Gasteiger partial charge in [0.15, 0.2) is 11.5 Å². The highest BCUT2D eigenvalue weighted by Gasteiger charge is 2.21. The second-order valence-corrected chi connectivity index (χ2v) is 7.09. The van der Waals surface area contributed by atoms with Crippen LogP contribution < -0.4 is 14.8 Å². The van der Waals surface area contributed by atoms with Crippen molar-refractivity contribution in [2.24, 2.45) is 0 Å². The number of rotatable bonds is 7. The van der Waals surface area contributed by atoms with Gasteiger partial charge < -0.3 is 19.9 Å². The van der Waals surface area contributed by atoms with Crippen LogP contribution in [0.4, 0.5) is 0 Å². The summed E-state index contributed by atoms with van der Waals surface area (Å²) in [7, 11) is 3.35. The normalized spacial score (nSPS) is 19.9. The summed E-state index contributed by atoms with van der Waals surface area (Å²) in [5, 5.41) is 13.2.